The average molecular weight is 433 g/mol. The number of rotatable bonds is 10. The van der Waals surface area contributed by atoms with Crippen LogP contribution in [0.2, 0.25) is 0 Å². The van der Waals surface area contributed by atoms with Crippen LogP contribution in [0.5, 0.6) is 0 Å². The first kappa shape index (κ1) is 27.1. The second kappa shape index (κ2) is 15.0. The molecular weight excluding hydrogens is 392 g/mol. The lowest BCUT2D eigenvalue weighted by Crippen LogP contribution is -2.17. The fourth-order valence-electron chi connectivity index (χ4n) is 3.55. The number of aliphatic hydroxyl groups is 3. The highest BCUT2D eigenvalue weighted by Gasteiger charge is 2.37. The van der Waals surface area contributed by atoms with Gasteiger partial charge >= 0.3 is 5.97 Å². The van der Waals surface area contributed by atoms with Gasteiger partial charge < -0.3 is 20.1 Å². The zero-order valence-corrected chi connectivity index (χ0v) is 19.2. The average Bonchev–Trinajstić information content (AvgIpc) is 2.97. The van der Waals surface area contributed by atoms with Crippen LogP contribution in [0.4, 0.5) is 0 Å². The van der Waals surface area contributed by atoms with Gasteiger partial charge in [0.1, 0.15) is 0 Å². The topological polar surface area (TPSA) is 87.0 Å². The summed E-state index contributed by atoms with van der Waals surface area (Å²) >= 11 is 0. The lowest BCUT2D eigenvalue weighted by molar-refractivity contribution is -0.147. The van der Waals surface area contributed by atoms with E-state index in [0.717, 1.165) is 19.3 Å². The molecule has 0 heterocycles. The molecule has 2 rings (SSSR count). The Morgan fingerprint density at radius 2 is 1.90 bits per heavy atom. The third kappa shape index (κ3) is 11.3. The van der Waals surface area contributed by atoms with Crippen molar-refractivity contribution in [2.24, 2.45) is 11.8 Å². The zero-order chi connectivity index (χ0) is 23.2. The minimum Gasteiger partial charge on any atom is -0.463 e. The SMILES string of the molecule is C=CCCCC(=O)OC(C)C.C[C@@H]1[C@@H](/C=C/C(O)CCc2ccccc2)[C@H](O)C[C@@H]1O. The lowest BCUT2D eigenvalue weighted by Gasteiger charge is -2.16. The standard InChI is InChI=1S/C17H24O3.C9H16O2/c1-12-15(17(20)11-16(12)19)10-9-14(18)8-7-13-5-3-2-4-6-13;1-4-5-6-7-9(10)11-8(2)3/h2-6,9-10,12,14-20H,7-8,11H2,1H3;4,8H,1,5-7H2,2-3H3/b10-9+;/t12-,14?,15-,16+,17-;/m1./s1. The van der Waals surface area contributed by atoms with E-state index in [4.69, 9.17) is 4.74 Å². The third-order valence-electron chi connectivity index (χ3n) is 5.42. The highest BCUT2D eigenvalue weighted by atomic mass is 16.5. The molecule has 5 atom stereocenters. The van der Waals surface area contributed by atoms with Crippen molar-refractivity contribution in [1.29, 1.82) is 0 Å². The summed E-state index contributed by atoms with van der Waals surface area (Å²) in [5.41, 5.74) is 1.21. The van der Waals surface area contributed by atoms with Gasteiger partial charge in [0, 0.05) is 18.8 Å². The largest absolute Gasteiger partial charge is 0.463 e. The number of carbonyl (C=O) groups is 1. The molecular formula is C26H40O5. The molecule has 0 amide bonds. The van der Waals surface area contributed by atoms with Gasteiger partial charge in [0.15, 0.2) is 0 Å². The number of hydrogen-bond acceptors (Lipinski definition) is 5. The molecule has 31 heavy (non-hydrogen) atoms. The van der Waals surface area contributed by atoms with Crippen LogP contribution >= 0.6 is 0 Å². The number of aliphatic hydroxyl groups excluding tert-OH is 3. The van der Waals surface area contributed by atoms with E-state index in [1.165, 1.54) is 5.56 Å². The molecule has 5 nitrogen and oxygen atoms in total. The number of hydrogen-bond donors (Lipinski definition) is 3. The van der Waals surface area contributed by atoms with Crippen molar-refractivity contribution in [3.05, 3.63) is 60.7 Å². The van der Waals surface area contributed by atoms with Crippen molar-refractivity contribution in [2.45, 2.75) is 83.7 Å². The summed E-state index contributed by atoms with van der Waals surface area (Å²) in [7, 11) is 0. The molecule has 1 aromatic rings. The Bertz CT molecular complexity index is 655. The Balaban J connectivity index is 0.000000373. The monoisotopic (exact) mass is 432 g/mol. The molecule has 0 saturated heterocycles. The fourth-order valence-corrected chi connectivity index (χ4v) is 3.55. The summed E-state index contributed by atoms with van der Waals surface area (Å²) in [5, 5.41) is 29.5. The molecule has 1 aliphatic rings. The highest BCUT2D eigenvalue weighted by Crippen LogP contribution is 2.33. The van der Waals surface area contributed by atoms with Crippen molar-refractivity contribution < 1.29 is 24.9 Å². The molecule has 1 aromatic carbocycles. The smallest absolute Gasteiger partial charge is 0.306 e. The van der Waals surface area contributed by atoms with Crippen molar-refractivity contribution in [3.8, 4) is 0 Å². The van der Waals surface area contributed by atoms with E-state index >= 15 is 0 Å². The van der Waals surface area contributed by atoms with Crippen molar-refractivity contribution >= 4 is 5.97 Å². The Kier molecular flexibility index (Phi) is 13.1. The number of benzene rings is 1. The second-order valence-corrected chi connectivity index (χ2v) is 8.50. The van der Waals surface area contributed by atoms with Crippen LogP contribution in [0.15, 0.2) is 55.1 Å². The molecule has 3 N–H and O–H groups in total. The first-order chi connectivity index (χ1) is 14.7. The van der Waals surface area contributed by atoms with Crippen LogP contribution in [0.25, 0.3) is 0 Å². The van der Waals surface area contributed by atoms with Gasteiger partial charge in [-0.25, -0.2) is 0 Å². The zero-order valence-electron chi connectivity index (χ0n) is 19.2. The molecule has 1 saturated carbocycles. The summed E-state index contributed by atoms with van der Waals surface area (Å²) in [4.78, 5) is 10.9. The minimum absolute atomic E-state index is 0.00577. The number of esters is 1. The Labute approximate surface area is 187 Å². The van der Waals surface area contributed by atoms with Gasteiger partial charge in [-0.1, -0.05) is 55.5 Å². The van der Waals surface area contributed by atoms with Gasteiger partial charge in [0.05, 0.1) is 24.4 Å². The first-order valence-corrected chi connectivity index (χ1v) is 11.3. The van der Waals surface area contributed by atoms with Crippen LogP contribution in [0.1, 0.15) is 58.4 Å². The quantitative estimate of drug-likeness (QED) is 0.293. The van der Waals surface area contributed by atoms with Gasteiger partial charge in [-0.3, -0.25) is 4.79 Å². The molecule has 1 unspecified atom stereocenters. The van der Waals surface area contributed by atoms with E-state index in [0.29, 0.717) is 19.3 Å². The normalized spacial score (nSPS) is 24.0. The van der Waals surface area contributed by atoms with Gasteiger partial charge in [-0.2, -0.15) is 0 Å². The first-order valence-electron chi connectivity index (χ1n) is 11.3. The number of carbonyl (C=O) groups excluding carboxylic acids is 1. The van der Waals surface area contributed by atoms with Crippen molar-refractivity contribution in [2.75, 3.05) is 0 Å². The molecule has 0 aliphatic heterocycles. The van der Waals surface area contributed by atoms with Gasteiger partial charge in [0.2, 0.25) is 0 Å². The minimum atomic E-state index is -0.507. The fraction of sp³-hybridized carbons (Fsp3) is 0.577. The number of unbranched alkanes of at least 4 members (excludes halogenated alkanes) is 1. The van der Waals surface area contributed by atoms with E-state index < -0.39 is 18.3 Å². The number of aryl methyl sites for hydroxylation is 1. The molecule has 0 aromatic heterocycles. The maximum Gasteiger partial charge on any atom is 0.306 e. The summed E-state index contributed by atoms with van der Waals surface area (Å²) in [6.07, 6.45) is 8.13. The molecule has 0 radical (unpaired) electrons. The van der Waals surface area contributed by atoms with E-state index in [1.54, 1.807) is 6.08 Å². The maximum atomic E-state index is 10.9. The van der Waals surface area contributed by atoms with Crippen molar-refractivity contribution in [1.82, 2.24) is 0 Å². The molecule has 5 heteroatoms. The summed E-state index contributed by atoms with van der Waals surface area (Å²) in [6, 6.07) is 10.1. The summed E-state index contributed by atoms with van der Waals surface area (Å²) in [6.45, 7) is 9.21. The van der Waals surface area contributed by atoms with Gasteiger partial charge in [0.25, 0.3) is 0 Å². The predicted molar refractivity (Wildman–Crippen MR) is 124 cm³/mol. The van der Waals surface area contributed by atoms with Crippen LogP contribution in [-0.4, -0.2) is 45.7 Å². The van der Waals surface area contributed by atoms with E-state index in [2.05, 4.69) is 18.7 Å². The van der Waals surface area contributed by atoms with Crippen LogP contribution in [0.3, 0.4) is 0 Å². The number of allylic oxidation sites excluding steroid dienone is 1. The lowest BCUT2D eigenvalue weighted by atomic mass is 9.94. The summed E-state index contributed by atoms with van der Waals surface area (Å²) < 4.78 is 4.92. The predicted octanol–water partition coefficient (Wildman–Crippen LogP) is 4.21. The van der Waals surface area contributed by atoms with Crippen LogP contribution < -0.4 is 0 Å². The highest BCUT2D eigenvalue weighted by molar-refractivity contribution is 5.69. The van der Waals surface area contributed by atoms with E-state index in [1.807, 2.05) is 51.1 Å². The molecule has 174 valence electrons. The Morgan fingerprint density at radius 3 is 2.45 bits per heavy atom. The molecule has 0 bridgehead atoms. The second-order valence-electron chi connectivity index (χ2n) is 8.50. The van der Waals surface area contributed by atoms with Crippen LogP contribution in [0, 0.1) is 11.8 Å². The summed E-state index contributed by atoms with van der Waals surface area (Å²) in [5.74, 6) is -0.124. The van der Waals surface area contributed by atoms with Gasteiger partial charge in [-0.05, 0) is 51.0 Å². The van der Waals surface area contributed by atoms with E-state index in [-0.39, 0.29) is 23.9 Å². The molecule has 0 spiro atoms. The number of ether oxygens (including phenoxy) is 1. The van der Waals surface area contributed by atoms with Crippen LogP contribution in [-0.2, 0) is 16.0 Å². The third-order valence-corrected chi connectivity index (χ3v) is 5.42. The Morgan fingerprint density at radius 1 is 1.23 bits per heavy atom. The van der Waals surface area contributed by atoms with E-state index in [9.17, 15) is 20.1 Å². The molecule has 1 fully saturated rings. The Hall–Kier alpha value is -1.95. The molecule has 1 aliphatic carbocycles. The van der Waals surface area contributed by atoms with Gasteiger partial charge in [-0.15, -0.1) is 6.58 Å². The van der Waals surface area contributed by atoms with Crippen molar-refractivity contribution in [3.63, 3.8) is 0 Å². The maximum absolute atomic E-state index is 10.9.